The molecular formula is C26H27NO. The molecule has 2 heteroatoms. The molecule has 0 aliphatic rings. The van der Waals surface area contributed by atoms with Crippen molar-refractivity contribution in [3.63, 3.8) is 0 Å². The molecule has 0 aliphatic heterocycles. The topological polar surface area (TPSA) is 21.3 Å². The average Bonchev–Trinajstić information content (AvgIpc) is 2.76. The summed E-state index contributed by atoms with van der Waals surface area (Å²) in [6.07, 6.45) is 3.12. The number of nitrogens with one attached hydrogen (secondary N) is 1. The average molecular weight is 370 g/mol. The van der Waals surface area contributed by atoms with Gasteiger partial charge in [-0.1, -0.05) is 60.4 Å². The summed E-state index contributed by atoms with van der Waals surface area (Å²) in [4.78, 5) is 0. The molecule has 0 radical (unpaired) electrons. The standard InChI is InChI=1S/C26H27NO/c1-28-26-17-16-24(15-14-22-9-4-2-5-10-22)25(21-26)13-8-19-27-20-18-23-11-6-3-7-12-23/h2-7,9-12,16-17,21,27H,8,13,18-20H2,1H3. The fraction of sp³-hybridized carbons (Fsp3) is 0.231. The zero-order chi connectivity index (χ0) is 19.4. The van der Waals surface area contributed by atoms with Crippen LogP contribution in [0.4, 0.5) is 0 Å². The molecule has 1 N–H and O–H groups in total. The van der Waals surface area contributed by atoms with E-state index >= 15 is 0 Å². The highest BCUT2D eigenvalue weighted by atomic mass is 16.5. The van der Waals surface area contributed by atoms with Crippen LogP contribution in [0.25, 0.3) is 0 Å². The monoisotopic (exact) mass is 369 g/mol. The van der Waals surface area contributed by atoms with Gasteiger partial charge in [0, 0.05) is 11.1 Å². The van der Waals surface area contributed by atoms with Crippen LogP contribution in [0.5, 0.6) is 5.75 Å². The molecule has 0 spiro atoms. The Hall–Kier alpha value is -3.02. The molecule has 142 valence electrons. The summed E-state index contributed by atoms with van der Waals surface area (Å²) in [5.41, 5.74) is 4.73. The fourth-order valence-corrected chi connectivity index (χ4v) is 3.09. The second kappa shape index (κ2) is 11.0. The lowest BCUT2D eigenvalue weighted by Gasteiger charge is -2.09. The van der Waals surface area contributed by atoms with E-state index in [1.165, 1.54) is 11.1 Å². The molecule has 0 aliphatic carbocycles. The minimum absolute atomic E-state index is 0.886. The Morgan fingerprint density at radius 3 is 2.29 bits per heavy atom. The highest BCUT2D eigenvalue weighted by Gasteiger charge is 2.03. The Morgan fingerprint density at radius 1 is 0.786 bits per heavy atom. The molecule has 0 amide bonds. The van der Waals surface area contributed by atoms with E-state index in [-0.39, 0.29) is 0 Å². The SMILES string of the molecule is COc1ccc(C#Cc2ccccc2)c(CCCNCCc2ccccc2)c1. The number of benzene rings is 3. The van der Waals surface area contributed by atoms with Gasteiger partial charge in [0.2, 0.25) is 0 Å². The van der Waals surface area contributed by atoms with E-state index in [0.717, 1.165) is 49.2 Å². The summed E-state index contributed by atoms with van der Waals surface area (Å²) in [6, 6.07) is 26.9. The van der Waals surface area contributed by atoms with Crippen LogP contribution in [0.3, 0.4) is 0 Å². The van der Waals surface area contributed by atoms with Crippen molar-refractivity contribution >= 4 is 0 Å². The van der Waals surface area contributed by atoms with E-state index in [2.05, 4.69) is 59.6 Å². The maximum atomic E-state index is 5.40. The summed E-state index contributed by atoms with van der Waals surface area (Å²) in [5.74, 6) is 7.48. The predicted molar refractivity (Wildman–Crippen MR) is 117 cm³/mol. The van der Waals surface area contributed by atoms with Crippen LogP contribution in [0.15, 0.2) is 78.9 Å². The number of methoxy groups -OCH3 is 1. The van der Waals surface area contributed by atoms with Crippen LogP contribution >= 0.6 is 0 Å². The van der Waals surface area contributed by atoms with Crippen molar-refractivity contribution in [1.29, 1.82) is 0 Å². The minimum atomic E-state index is 0.886. The molecule has 0 saturated carbocycles. The van der Waals surface area contributed by atoms with Crippen LogP contribution in [0.1, 0.15) is 28.7 Å². The van der Waals surface area contributed by atoms with Crippen molar-refractivity contribution < 1.29 is 4.74 Å². The predicted octanol–water partition coefficient (Wildman–Crippen LogP) is 4.86. The third-order valence-electron chi connectivity index (χ3n) is 4.66. The summed E-state index contributed by atoms with van der Waals surface area (Å²) >= 11 is 0. The van der Waals surface area contributed by atoms with Gasteiger partial charge < -0.3 is 10.1 Å². The number of aryl methyl sites for hydroxylation is 1. The first-order valence-electron chi connectivity index (χ1n) is 9.84. The molecule has 0 heterocycles. The highest BCUT2D eigenvalue weighted by Crippen LogP contribution is 2.18. The molecule has 3 aromatic carbocycles. The summed E-state index contributed by atoms with van der Waals surface area (Å²) in [5, 5.41) is 3.54. The molecule has 0 unspecified atom stereocenters. The highest BCUT2D eigenvalue weighted by molar-refractivity contribution is 5.49. The lowest BCUT2D eigenvalue weighted by Crippen LogP contribution is -2.19. The molecule has 0 aromatic heterocycles. The van der Waals surface area contributed by atoms with Gasteiger partial charge in [0.05, 0.1) is 7.11 Å². The second-order valence-corrected chi connectivity index (χ2v) is 6.73. The third-order valence-corrected chi connectivity index (χ3v) is 4.66. The van der Waals surface area contributed by atoms with Crippen molar-refractivity contribution in [2.75, 3.05) is 20.2 Å². The molecule has 0 bridgehead atoms. The van der Waals surface area contributed by atoms with Crippen LogP contribution in [0, 0.1) is 11.8 Å². The molecule has 3 rings (SSSR count). The zero-order valence-corrected chi connectivity index (χ0v) is 16.4. The Morgan fingerprint density at radius 2 is 1.54 bits per heavy atom. The lowest BCUT2D eigenvalue weighted by atomic mass is 10.0. The van der Waals surface area contributed by atoms with Gasteiger partial charge in [-0.2, -0.15) is 0 Å². The van der Waals surface area contributed by atoms with E-state index in [0.29, 0.717) is 0 Å². The Bertz CT molecular complexity index is 907. The normalized spacial score (nSPS) is 10.2. The number of hydrogen-bond acceptors (Lipinski definition) is 2. The van der Waals surface area contributed by atoms with Crippen molar-refractivity contribution in [3.8, 4) is 17.6 Å². The zero-order valence-electron chi connectivity index (χ0n) is 16.4. The maximum absolute atomic E-state index is 5.40. The Labute approximate surface area is 168 Å². The lowest BCUT2D eigenvalue weighted by molar-refractivity contribution is 0.414. The van der Waals surface area contributed by atoms with Gasteiger partial charge >= 0.3 is 0 Å². The van der Waals surface area contributed by atoms with Gasteiger partial charge in [0.1, 0.15) is 5.75 Å². The Balaban J connectivity index is 1.54. The quantitative estimate of drug-likeness (QED) is 0.452. The maximum Gasteiger partial charge on any atom is 0.119 e. The fourth-order valence-electron chi connectivity index (χ4n) is 3.09. The molecular weight excluding hydrogens is 342 g/mol. The Kier molecular flexibility index (Phi) is 7.73. The van der Waals surface area contributed by atoms with Crippen LogP contribution in [0.2, 0.25) is 0 Å². The number of hydrogen-bond donors (Lipinski definition) is 1. The molecule has 2 nitrogen and oxygen atoms in total. The largest absolute Gasteiger partial charge is 0.497 e. The van der Waals surface area contributed by atoms with E-state index in [4.69, 9.17) is 4.74 Å². The van der Waals surface area contributed by atoms with Crippen molar-refractivity contribution in [2.24, 2.45) is 0 Å². The second-order valence-electron chi connectivity index (χ2n) is 6.73. The molecule has 0 saturated heterocycles. The van der Waals surface area contributed by atoms with Gasteiger partial charge in [-0.05, 0) is 73.8 Å². The first kappa shape index (κ1) is 19.7. The van der Waals surface area contributed by atoms with Crippen LogP contribution in [-0.2, 0) is 12.8 Å². The van der Waals surface area contributed by atoms with Crippen molar-refractivity contribution in [3.05, 3.63) is 101 Å². The van der Waals surface area contributed by atoms with Gasteiger partial charge in [-0.3, -0.25) is 0 Å². The van der Waals surface area contributed by atoms with E-state index in [1.54, 1.807) is 7.11 Å². The smallest absolute Gasteiger partial charge is 0.119 e. The molecule has 0 fully saturated rings. The van der Waals surface area contributed by atoms with Crippen LogP contribution < -0.4 is 10.1 Å². The van der Waals surface area contributed by atoms with E-state index in [9.17, 15) is 0 Å². The molecule has 3 aromatic rings. The first-order chi connectivity index (χ1) is 13.8. The summed E-state index contributed by atoms with van der Waals surface area (Å²) in [6.45, 7) is 2.00. The first-order valence-corrected chi connectivity index (χ1v) is 9.84. The van der Waals surface area contributed by atoms with Crippen molar-refractivity contribution in [2.45, 2.75) is 19.3 Å². The van der Waals surface area contributed by atoms with Crippen LogP contribution in [-0.4, -0.2) is 20.2 Å². The van der Waals surface area contributed by atoms with E-state index in [1.807, 2.05) is 36.4 Å². The van der Waals surface area contributed by atoms with E-state index < -0.39 is 0 Å². The summed E-state index contributed by atoms with van der Waals surface area (Å²) in [7, 11) is 1.71. The number of ether oxygens (including phenoxy) is 1. The molecule has 28 heavy (non-hydrogen) atoms. The number of rotatable bonds is 8. The van der Waals surface area contributed by atoms with Crippen molar-refractivity contribution in [1.82, 2.24) is 5.32 Å². The molecule has 0 atom stereocenters. The van der Waals surface area contributed by atoms with Gasteiger partial charge in [0.15, 0.2) is 0 Å². The van der Waals surface area contributed by atoms with Gasteiger partial charge in [0.25, 0.3) is 0 Å². The summed E-state index contributed by atoms with van der Waals surface area (Å²) < 4.78 is 5.40. The van der Waals surface area contributed by atoms with Gasteiger partial charge in [-0.15, -0.1) is 0 Å². The third kappa shape index (κ3) is 6.30. The minimum Gasteiger partial charge on any atom is -0.497 e. The van der Waals surface area contributed by atoms with Gasteiger partial charge in [-0.25, -0.2) is 0 Å².